The number of nitrogens with one attached hydrogen (secondary N) is 1. The van der Waals surface area contributed by atoms with Crippen molar-refractivity contribution in [2.75, 3.05) is 50.0 Å². The lowest BCUT2D eigenvalue weighted by Gasteiger charge is -2.26. The molecular formula is C33H40ClN5O3. The molecule has 0 saturated carbocycles. The van der Waals surface area contributed by atoms with Crippen LogP contribution in [0.25, 0.3) is 0 Å². The van der Waals surface area contributed by atoms with Crippen LogP contribution in [0.1, 0.15) is 70.9 Å². The van der Waals surface area contributed by atoms with Crippen molar-refractivity contribution >= 4 is 40.8 Å². The van der Waals surface area contributed by atoms with E-state index in [2.05, 4.69) is 29.0 Å². The zero-order valence-electron chi connectivity index (χ0n) is 24.9. The third-order valence-electron chi connectivity index (χ3n) is 8.03. The number of aromatic nitrogens is 1. The lowest BCUT2D eigenvalue weighted by molar-refractivity contribution is -0.130. The summed E-state index contributed by atoms with van der Waals surface area (Å²) in [6.07, 6.45) is 3.37. The molecule has 0 aliphatic carbocycles. The first-order valence-electron chi connectivity index (χ1n) is 14.6. The number of halogens is 1. The molecule has 9 heteroatoms. The number of benzene rings is 2. The molecule has 8 nitrogen and oxygen atoms in total. The van der Waals surface area contributed by atoms with Crippen molar-refractivity contribution in [3.8, 4) is 0 Å². The van der Waals surface area contributed by atoms with Gasteiger partial charge < -0.3 is 20.0 Å². The Morgan fingerprint density at radius 1 is 1.05 bits per heavy atom. The molecule has 3 amide bonds. The van der Waals surface area contributed by atoms with Gasteiger partial charge in [-0.3, -0.25) is 14.4 Å². The third-order valence-corrected chi connectivity index (χ3v) is 8.27. The maximum absolute atomic E-state index is 13.7. The molecule has 0 fully saturated rings. The molecule has 3 aromatic rings. The summed E-state index contributed by atoms with van der Waals surface area (Å²) in [5.41, 5.74) is 3.53. The average Bonchev–Trinajstić information content (AvgIpc) is 3.16. The minimum atomic E-state index is -0.253. The van der Waals surface area contributed by atoms with E-state index >= 15 is 0 Å². The number of aryl methyl sites for hydroxylation is 1. The van der Waals surface area contributed by atoms with Crippen LogP contribution < -0.4 is 10.2 Å². The van der Waals surface area contributed by atoms with Crippen molar-refractivity contribution in [3.63, 3.8) is 0 Å². The molecule has 0 saturated heterocycles. The molecule has 0 bridgehead atoms. The molecule has 1 N–H and O–H groups in total. The van der Waals surface area contributed by atoms with Crippen LogP contribution in [0.2, 0.25) is 5.02 Å². The Bertz CT molecular complexity index is 1410. The van der Waals surface area contributed by atoms with Crippen LogP contribution >= 0.6 is 11.6 Å². The first-order chi connectivity index (χ1) is 20.2. The van der Waals surface area contributed by atoms with E-state index in [4.69, 9.17) is 11.6 Å². The molecular weight excluding hydrogens is 550 g/mol. The highest BCUT2D eigenvalue weighted by molar-refractivity contribution is 6.30. The topological polar surface area (TPSA) is 85.9 Å². The number of fused-ring (bicyclic) bond motifs is 1. The molecule has 42 heavy (non-hydrogen) atoms. The number of hydrogen-bond donors (Lipinski definition) is 1. The first-order valence-corrected chi connectivity index (χ1v) is 15.0. The second kappa shape index (κ2) is 14.4. The van der Waals surface area contributed by atoms with Crippen molar-refractivity contribution in [1.82, 2.24) is 14.8 Å². The number of hydrogen-bond acceptors (Lipinski definition) is 5. The van der Waals surface area contributed by atoms with E-state index in [0.29, 0.717) is 41.5 Å². The number of likely N-dealkylation sites (N-methyl/N-ethyl adjacent to an activating group) is 2. The Labute approximate surface area is 253 Å². The molecule has 2 aromatic carbocycles. The Morgan fingerprint density at radius 2 is 1.81 bits per heavy atom. The molecule has 0 spiro atoms. The highest BCUT2D eigenvalue weighted by atomic mass is 35.5. The number of carbonyl (C=O) groups is 3. The molecule has 2 heterocycles. The quantitative estimate of drug-likeness (QED) is 0.313. The largest absolute Gasteiger partial charge is 0.344 e. The Morgan fingerprint density at radius 3 is 2.50 bits per heavy atom. The zero-order chi connectivity index (χ0) is 30.2. The molecule has 1 aliphatic heterocycles. The van der Waals surface area contributed by atoms with Gasteiger partial charge in [-0.2, -0.15) is 0 Å². The van der Waals surface area contributed by atoms with Gasteiger partial charge in [0.1, 0.15) is 5.82 Å². The zero-order valence-corrected chi connectivity index (χ0v) is 25.7. The Kier molecular flexibility index (Phi) is 10.7. The summed E-state index contributed by atoms with van der Waals surface area (Å²) in [5, 5.41) is 3.38. The maximum Gasteiger partial charge on any atom is 0.259 e. The van der Waals surface area contributed by atoms with Crippen LogP contribution in [0, 0.1) is 6.92 Å². The summed E-state index contributed by atoms with van der Waals surface area (Å²) in [6, 6.07) is 16.2. The lowest BCUT2D eigenvalue weighted by Crippen LogP contribution is -2.36. The van der Waals surface area contributed by atoms with Crippen LogP contribution in [-0.2, 0) is 4.79 Å². The average molecular weight is 590 g/mol. The van der Waals surface area contributed by atoms with Crippen molar-refractivity contribution in [1.29, 1.82) is 0 Å². The summed E-state index contributed by atoms with van der Waals surface area (Å²) in [5.74, 6) is -0.0301. The van der Waals surface area contributed by atoms with Gasteiger partial charge in [-0.1, -0.05) is 43.6 Å². The number of nitrogens with zero attached hydrogens (tertiary/aromatic N) is 4. The fourth-order valence-electron chi connectivity index (χ4n) is 5.38. The summed E-state index contributed by atoms with van der Waals surface area (Å²) < 4.78 is 0. The predicted molar refractivity (Wildman–Crippen MR) is 169 cm³/mol. The number of pyridine rings is 1. The second-order valence-electron chi connectivity index (χ2n) is 10.7. The minimum absolute atomic E-state index is 0.0444. The van der Waals surface area contributed by atoms with Gasteiger partial charge in [-0.05, 0) is 86.3 Å². The molecule has 1 atom stereocenters. The standard InChI is InChI=1S/C33H40ClN5O3/c1-5-38(6-2)19-18-37(4)31(40)20-24-11-9-17-39(29-15-14-26(34)21-28(24)29)33(42)25-13-16-30(35-22-25)36-32(41)27-12-8-7-10-23(27)3/h7-8,10,12-16,21-22,24H,5-6,9,11,17-20H2,1-4H3,(H,35,36,41). The predicted octanol–water partition coefficient (Wildman–Crippen LogP) is 6.01. The van der Waals surface area contributed by atoms with Crippen molar-refractivity contribution in [2.45, 2.75) is 46.0 Å². The summed E-state index contributed by atoms with van der Waals surface area (Å²) >= 11 is 6.42. The van der Waals surface area contributed by atoms with E-state index in [0.717, 1.165) is 49.3 Å². The Balaban J connectivity index is 1.48. The summed E-state index contributed by atoms with van der Waals surface area (Å²) in [7, 11) is 1.86. The van der Waals surface area contributed by atoms with Crippen molar-refractivity contribution in [2.24, 2.45) is 0 Å². The van der Waals surface area contributed by atoms with Gasteiger partial charge in [0.25, 0.3) is 11.8 Å². The highest BCUT2D eigenvalue weighted by Gasteiger charge is 2.29. The fraction of sp³-hybridized carbons (Fsp3) is 0.394. The number of rotatable bonds is 10. The summed E-state index contributed by atoms with van der Waals surface area (Å²) in [4.78, 5) is 49.8. The molecule has 1 aromatic heterocycles. The number of carbonyl (C=O) groups excluding carboxylic acids is 3. The third kappa shape index (κ3) is 7.55. The first kappa shape index (κ1) is 31.2. The van der Waals surface area contributed by atoms with E-state index in [1.807, 2.05) is 49.2 Å². The second-order valence-corrected chi connectivity index (χ2v) is 11.2. The number of amides is 3. The van der Waals surface area contributed by atoms with Crippen LogP contribution in [-0.4, -0.2) is 72.3 Å². The van der Waals surface area contributed by atoms with Gasteiger partial charge in [0.2, 0.25) is 5.91 Å². The van der Waals surface area contributed by atoms with Gasteiger partial charge in [0, 0.05) is 55.6 Å². The molecule has 0 radical (unpaired) electrons. The van der Waals surface area contributed by atoms with Gasteiger partial charge >= 0.3 is 0 Å². The molecule has 1 aliphatic rings. The van der Waals surface area contributed by atoms with Crippen LogP contribution in [0.3, 0.4) is 0 Å². The van der Waals surface area contributed by atoms with Crippen LogP contribution in [0.5, 0.6) is 0 Å². The van der Waals surface area contributed by atoms with E-state index < -0.39 is 0 Å². The normalized spacial score (nSPS) is 14.7. The van der Waals surface area contributed by atoms with E-state index in [1.165, 1.54) is 6.20 Å². The molecule has 222 valence electrons. The van der Waals surface area contributed by atoms with Gasteiger partial charge in [-0.25, -0.2) is 4.98 Å². The van der Waals surface area contributed by atoms with Gasteiger partial charge in [0.15, 0.2) is 0 Å². The Hall–Kier alpha value is -3.75. The summed E-state index contributed by atoms with van der Waals surface area (Å²) in [6.45, 7) is 10.1. The van der Waals surface area contributed by atoms with Crippen LogP contribution in [0.4, 0.5) is 11.5 Å². The smallest absolute Gasteiger partial charge is 0.259 e. The lowest BCUT2D eigenvalue weighted by atomic mass is 9.90. The van der Waals surface area contributed by atoms with E-state index in [1.54, 1.807) is 29.2 Å². The number of anilines is 2. The maximum atomic E-state index is 13.7. The van der Waals surface area contributed by atoms with Crippen molar-refractivity contribution in [3.05, 3.63) is 88.1 Å². The van der Waals surface area contributed by atoms with E-state index in [-0.39, 0.29) is 23.6 Å². The highest BCUT2D eigenvalue weighted by Crippen LogP contribution is 2.39. The van der Waals surface area contributed by atoms with Gasteiger partial charge in [-0.15, -0.1) is 0 Å². The van der Waals surface area contributed by atoms with E-state index in [9.17, 15) is 14.4 Å². The molecule has 4 rings (SSSR count). The molecule has 1 unspecified atom stereocenters. The van der Waals surface area contributed by atoms with Crippen molar-refractivity contribution < 1.29 is 14.4 Å². The minimum Gasteiger partial charge on any atom is -0.344 e. The van der Waals surface area contributed by atoms with Gasteiger partial charge in [0.05, 0.1) is 5.56 Å². The SMILES string of the molecule is CCN(CC)CCN(C)C(=O)CC1CCCN(C(=O)c2ccc(NC(=O)c3ccccc3C)nc2)c2ccc(Cl)cc21. The van der Waals surface area contributed by atoms with Crippen LogP contribution in [0.15, 0.2) is 60.8 Å². The monoisotopic (exact) mass is 589 g/mol. The fourth-order valence-corrected chi connectivity index (χ4v) is 5.56.